The summed E-state index contributed by atoms with van der Waals surface area (Å²) in [6.45, 7) is 0. The van der Waals surface area contributed by atoms with Crippen molar-refractivity contribution in [2.24, 2.45) is 7.05 Å². The molecule has 0 aliphatic carbocycles. The molecule has 1 heterocycles. The zero-order valence-corrected chi connectivity index (χ0v) is 18.7. The van der Waals surface area contributed by atoms with Crippen LogP contribution in [0.2, 0.25) is 15.1 Å². The first-order valence-corrected chi connectivity index (χ1v) is 10.6. The van der Waals surface area contributed by atoms with Gasteiger partial charge >= 0.3 is 0 Å². The summed E-state index contributed by atoms with van der Waals surface area (Å²) < 4.78 is 7.03. The third kappa shape index (κ3) is 5.57. The normalized spacial score (nSPS) is 10.8. The molecule has 3 aromatic rings. The van der Waals surface area contributed by atoms with Crippen molar-refractivity contribution in [3.05, 3.63) is 62.9 Å². The Morgan fingerprint density at radius 1 is 1.14 bits per heavy atom. The molecule has 6 nitrogen and oxygen atoms in total. The summed E-state index contributed by atoms with van der Waals surface area (Å²) in [7, 11) is 3.50. The minimum absolute atomic E-state index is 0.129. The van der Waals surface area contributed by atoms with Crippen molar-refractivity contribution >= 4 is 58.2 Å². The zero-order chi connectivity index (χ0) is 21.0. The molecule has 0 unspecified atom stereocenters. The van der Waals surface area contributed by atoms with Gasteiger partial charge in [0.25, 0.3) is 0 Å². The number of amides is 1. The molecule has 10 heteroatoms. The zero-order valence-electron chi connectivity index (χ0n) is 15.6. The number of carbonyl (C=O) groups is 1. The van der Waals surface area contributed by atoms with E-state index >= 15 is 0 Å². The molecule has 29 heavy (non-hydrogen) atoms. The lowest BCUT2D eigenvalue weighted by Crippen LogP contribution is -2.15. The molecule has 0 saturated carbocycles. The lowest BCUT2D eigenvalue weighted by atomic mass is 10.1. The van der Waals surface area contributed by atoms with Gasteiger partial charge in [-0.15, -0.1) is 10.2 Å². The number of carbonyl (C=O) groups excluding carboxylic acids is 1. The van der Waals surface area contributed by atoms with Crippen molar-refractivity contribution in [2.75, 3.05) is 18.2 Å². The number of halogens is 3. The topological polar surface area (TPSA) is 69.0 Å². The van der Waals surface area contributed by atoms with Gasteiger partial charge in [-0.25, -0.2) is 0 Å². The third-order valence-electron chi connectivity index (χ3n) is 4.05. The Morgan fingerprint density at radius 3 is 2.41 bits per heavy atom. The second kappa shape index (κ2) is 9.71. The van der Waals surface area contributed by atoms with Gasteiger partial charge in [-0.3, -0.25) is 4.79 Å². The van der Waals surface area contributed by atoms with Crippen LogP contribution in [0, 0.1) is 0 Å². The molecule has 1 N–H and O–H groups in total. The van der Waals surface area contributed by atoms with Crippen LogP contribution in [-0.4, -0.2) is 33.5 Å². The van der Waals surface area contributed by atoms with E-state index in [1.54, 1.807) is 7.11 Å². The van der Waals surface area contributed by atoms with Gasteiger partial charge < -0.3 is 14.6 Å². The number of thioether (sulfide) groups is 1. The molecule has 3 rings (SSSR count). The van der Waals surface area contributed by atoms with Gasteiger partial charge in [0.2, 0.25) is 5.91 Å². The largest absolute Gasteiger partial charge is 0.497 e. The molecule has 0 spiro atoms. The van der Waals surface area contributed by atoms with E-state index in [4.69, 9.17) is 39.5 Å². The van der Waals surface area contributed by atoms with E-state index in [1.807, 2.05) is 35.9 Å². The highest BCUT2D eigenvalue weighted by Gasteiger charge is 2.15. The molecular formula is C19H17Cl3N4O2S. The summed E-state index contributed by atoms with van der Waals surface area (Å²) in [6.07, 6.45) is 0.621. The van der Waals surface area contributed by atoms with Gasteiger partial charge in [0.05, 0.1) is 28.6 Å². The van der Waals surface area contributed by atoms with Crippen molar-refractivity contribution < 1.29 is 9.53 Å². The second-order valence-electron chi connectivity index (χ2n) is 6.06. The summed E-state index contributed by atoms with van der Waals surface area (Å²) >= 11 is 19.3. The number of anilines is 1. The van der Waals surface area contributed by atoms with Crippen LogP contribution in [-0.2, 0) is 18.3 Å². The Labute approximate surface area is 187 Å². The smallest absolute Gasteiger partial charge is 0.234 e. The third-order valence-corrected chi connectivity index (χ3v) is 5.88. The van der Waals surface area contributed by atoms with E-state index < -0.39 is 0 Å². The minimum Gasteiger partial charge on any atom is -0.497 e. The maximum atomic E-state index is 12.3. The average Bonchev–Trinajstić information content (AvgIpc) is 3.03. The minimum atomic E-state index is -0.263. The van der Waals surface area contributed by atoms with E-state index in [1.165, 1.54) is 23.9 Å². The number of nitrogens with one attached hydrogen (secondary N) is 1. The number of ether oxygens (including phenoxy) is 1. The number of nitrogens with zero attached hydrogens (tertiary/aromatic N) is 3. The molecule has 1 aromatic heterocycles. The van der Waals surface area contributed by atoms with Crippen LogP contribution in [0.5, 0.6) is 5.75 Å². The van der Waals surface area contributed by atoms with Crippen LogP contribution in [0.3, 0.4) is 0 Å². The highest BCUT2D eigenvalue weighted by molar-refractivity contribution is 7.99. The van der Waals surface area contributed by atoms with Crippen molar-refractivity contribution in [3.63, 3.8) is 0 Å². The van der Waals surface area contributed by atoms with Crippen molar-refractivity contribution in [1.29, 1.82) is 0 Å². The van der Waals surface area contributed by atoms with Crippen LogP contribution >= 0.6 is 46.6 Å². The first kappa shape index (κ1) is 21.8. The van der Waals surface area contributed by atoms with Gasteiger partial charge in [0, 0.05) is 18.5 Å². The summed E-state index contributed by atoms with van der Waals surface area (Å²) in [5.41, 5.74) is 1.42. The molecule has 0 saturated heterocycles. The predicted octanol–water partition coefficient (Wildman–Crippen LogP) is 5.11. The highest BCUT2D eigenvalue weighted by Crippen LogP contribution is 2.33. The monoisotopic (exact) mass is 470 g/mol. The SMILES string of the molecule is COc1ccc(Cc2nnc(SCC(=O)Nc3c(Cl)cc(Cl)cc3Cl)n2C)cc1. The van der Waals surface area contributed by atoms with Gasteiger partial charge in [-0.2, -0.15) is 0 Å². The number of aromatic nitrogens is 3. The lowest BCUT2D eigenvalue weighted by Gasteiger charge is -2.09. The number of hydrogen-bond acceptors (Lipinski definition) is 5. The first-order valence-electron chi connectivity index (χ1n) is 8.45. The second-order valence-corrected chi connectivity index (χ2v) is 8.26. The van der Waals surface area contributed by atoms with E-state index in [0.29, 0.717) is 22.3 Å². The molecule has 1 amide bonds. The van der Waals surface area contributed by atoms with Crippen LogP contribution in [0.1, 0.15) is 11.4 Å². The van der Waals surface area contributed by atoms with E-state index in [2.05, 4.69) is 15.5 Å². The fourth-order valence-corrected chi connectivity index (χ4v) is 4.16. The van der Waals surface area contributed by atoms with E-state index in [9.17, 15) is 4.79 Å². The first-order chi connectivity index (χ1) is 13.9. The molecule has 0 aliphatic heterocycles. The molecule has 152 valence electrons. The summed E-state index contributed by atoms with van der Waals surface area (Å²) in [5.74, 6) is 1.46. The Balaban J connectivity index is 1.60. The molecule has 0 aliphatic rings. The average molecular weight is 472 g/mol. The molecule has 0 atom stereocenters. The molecular weight excluding hydrogens is 455 g/mol. The Bertz CT molecular complexity index is 1000. The quantitative estimate of drug-likeness (QED) is 0.485. The maximum Gasteiger partial charge on any atom is 0.234 e. The standard InChI is InChI=1S/C19H17Cl3N4O2S/c1-26-16(7-11-3-5-13(28-2)6-4-11)24-25-19(26)29-10-17(27)23-18-14(21)8-12(20)9-15(18)22/h3-6,8-9H,7,10H2,1-2H3,(H,23,27). The number of benzene rings is 2. The lowest BCUT2D eigenvalue weighted by molar-refractivity contribution is -0.113. The number of methoxy groups -OCH3 is 1. The predicted molar refractivity (Wildman–Crippen MR) is 118 cm³/mol. The van der Waals surface area contributed by atoms with Gasteiger partial charge in [-0.1, -0.05) is 58.7 Å². The van der Waals surface area contributed by atoms with Crippen LogP contribution in [0.15, 0.2) is 41.6 Å². The van der Waals surface area contributed by atoms with Crippen LogP contribution in [0.4, 0.5) is 5.69 Å². The van der Waals surface area contributed by atoms with Gasteiger partial charge in [-0.05, 0) is 29.8 Å². The van der Waals surface area contributed by atoms with Crippen LogP contribution in [0.25, 0.3) is 0 Å². The van der Waals surface area contributed by atoms with Crippen molar-refractivity contribution in [2.45, 2.75) is 11.6 Å². The number of rotatable bonds is 7. The maximum absolute atomic E-state index is 12.3. The van der Waals surface area contributed by atoms with E-state index in [0.717, 1.165) is 17.1 Å². The van der Waals surface area contributed by atoms with E-state index in [-0.39, 0.29) is 21.7 Å². The molecule has 0 fully saturated rings. The Hall–Kier alpha value is -1.93. The summed E-state index contributed by atoms with van der Waals surface area (Å²) in [4.78, 5) is 12.3. The van der Waals surface area contributed by atoms with Gasteiger partial charge in [0.15, 0.2) is 5.16 Å². The summed E-state index contributed by atoms with van der Waals surface area (Å²) in [5, 5.41) is 12.7. The molecule has 0 radical (unpaired) electrons. The molecule has 0 bridgehead atoms. The van der Waals surface area contributed by atoms with Crippen molar-refractivity contribution in [3.8, 4) is 5.75 Å². The van der Waals surface area contributed by atoms with Gasteiger partial charge in [0.1, 0.15) is 11.6 Å². The highest BCUT2D eigenvalue weighted by atomic mass is 35.5. The van der Waals surface area contributed by atoms with Crippen molar-refractivity contribution in [1.82, 2.24) is 14.8 Å². The van der Waals surface area contributed by atoms with Crippen LogP contribution < -0.4 is 10.1 Å². The fourth-order valence-electron chi connectivity index (χ4n) is 2.52. The summed E-state index contributed by atoms with van der Waals surface area (Å²) in [6, 6.07) is 10.8. The number of hydrogen-bond donors (Lipinski definition) is 1. The fraction of sp³-hybridized carbons (Fsp3) is 0.211. The Kier molecular flexibility index (Phi) is 7.29. The molecule has 2 aromatic carbocycles. The Morgan fingerprint density at radius 2 is 1.79 bits per heavy atom.